The Bertz CT molecular complexity index is 862. The lowest BCUT2D eigenvalue weighted by Crippen LogP contribution is -2.24. The molecule has 2 aromatic heterocycles. The van der Waals surface area contributed by atoms with Crippen molar-refractivity contribution in [2.75, 3.05) is 20.3 Å². The Morgan fingerprint density at radius 1 is 1.37 bits per heavy atom. The molecular weight excluding hydrogens is 364 g/mol. The van der Waals surface area contributed by atoms with Crippen LogP contribution in [-0.4, -0.2) is 47.6 Å². The van der Waals surface area contributed by atoms with E-state index in [1.807, 2.05) is 0 Å². The van der Waals surface area contributed by atoms with Crippen molar-refractivity contribution in [3.05, 3.63) is 46.4 Å². The fraction of sp³-hybridized carbons (Fsp3) is 0.353. The van der Waals surface area contributed by atoms with Crippen molar-refractivity contribution in [1.29, 1.82) is 5.41 Å². The van der Waals surface area contributed by atoms with E-state index in [0.717, 1.165) is 19.6 Å². The molecule has 0 saturated heterocycles. The Labute approximate surface area is 153 Å². The van der Waals surface area contributed by atoms with E-state index in [-0.39, 0.29) is 5.56 Å². The van der Waals surface area contributed by atoms with Crippen molar-refractivity contribution in [1.82, 2.24) is 4.40 Å². The zero-order chi connectivity index (χ0) is 20.6. The molecule has 0 saturated carbocycles. The second-order valence-electron chi connectivity index (χ2n) is 5.46. The van der Waals surface area contributed by atoms with Crippen LogP contribution in [0.15, 0.2) is 35.3 Å². The van der Waals surface area contributed by atoms with Crippen LogP contribution in [-0.2, 0) is 4.74 Å². The van der Waals surface area contributed by atoms with Crippen molar-refractivity contribution < 1.29 is 28.2 Å². The number of carboxylic acids is 1. The molecule has 0 aromatic carbocycles. The summed E-state index contributed by atoms with van der Waals surface area (Å²) in [6.07, 6.45) is 2.27. The number of rotatable bonds is 6. The predicted octanol–water partition coefficient (Wildman–Crippen LogP) is 1.99. The van der Waals surface area contributed by atoms with Crippen LogP contribution < -0.4 is 16.0 Å². The van der Waals surface area contributed by atoms with Gasteiger partial charge in [0.2, 0.25) is 0 Å². The molecule has 2 rings (SSSR count). The summed E-state index contributed by atoms with van der Waals surface area (Å²) in [5.74, 6) is -4.71. The number of fused-ring (bicyclic) bond motifs is 1. The number of aromatic carboxylic acids is 1. The van der Waals surface area contributed by atoms with E-state index in [9.17, 15) is 18.4 Å². The highest BCUT2D eigenvalue weighted by Crippen LogP contribution is 2.13. The molecule has 0 unspecified atom stereocenters. The molecule has 0 spiro atoms. The van der Waals surface area contributed by atoms with Crippen LogP contribution in [0.25, 0.3) is 5.52 Å². The summed E-state index contributed by atoms with van der Waals surface area (Å²) in [6.45, 7) is 1.62. The Morgan fingerprint density at radius 3 is 2.52 bits per heavy atom. The molecule has 0 radical (unpaired) electrons. The molecule has 2 aromatic rings. The van der Waals surface area contributed by atoms with Crippen LogP contribution in [0, 0.1) is 5.41 Å². The maximum Gasteiger partial charge on any atom is 0.335 e. The van der Waals surface area contributed by atoms with Gasteiger partial charge in [0.05, 0.1) is 25.5 Å². The monoisotopic (exact) mass is 385 g/mol. The third-order valence-electron chi connectivity index (χ3n) is 3.24. The van der Waals surface area contributed by atoms with Crippen LogP contribution >= 0.6 is 0 Å². The minimum Gasteiger partial charge on any atom is -0.492 e. The van der Waals surface area contributed by atoms with E-state index in [2.05, 4.69) is 4.74 Å². The highest BCUT2D eigenvalue weighted by molar-refractivity contribution is 5.88. The van der Waals surface area contributed by atoms with Gasteiger partial charge in [0, 0.05) is 18.5 Å². The number of carboxylic acid groups (broad SMARTS) is 1. The van der Waals surface area contributed by atoms with Crippen molar-refractivity contribution in [3.63, 3.8) is 0 Å². The number of nitrogens with two attached hydrogens (primary N) is 1. The number of halogens is 2. The van der Waals surface area contributed by atoms with Gasteiger partial charge < -0.3 is 20.3 Å². The maximum absolute atomic E-state index is 11.8. The average molecular weight is 385 g/mol. The number of methoxy groups -OCH3 is 1. The molecule has 0 bridgehead atoms. The Hall–Kier alpha value is -3.01. The first kappa shape index (κ1) is 22.0. The number of pyridine rings is 2. The van der Waals surface area contributed by atoms with E-state index in [4.69, 9.17) is 21.0 Å². The third-order valence-corrected chi connectivity index (χ3v) is 3.24. The lowest BCUT2D eigenvalue weighted by atomic mass is 10.2. The quantitative estimate of drug-likeness (QED) is 0.396. The van der Waals surface area contributed by atoms with E-state index in [1.165, 1.54) is 10.5 Å². The van der Waals surface area contributed by atoms with Gasteiger partial charge in [-0.2, -0.15) is 8.78 Å². The zero-order valence-electron chi connectivity index (χ0n) is 14.9. The van der Waals surface area contributed by atoms with Crippen molar-refractivity contribution in [2.45, 2.75) is 19.3 Å². The van der Waals surface area contributed by atoms with E-state index < -0.39 is 23.3 Å². The van der Waals surface area contributed by atoms with Gasteiger partial charge in [-0.15, -0.1) is 0 Å². The normalized spacial score (nSPS) is 10.7. The van der Waals surface area contributed by atoms with E-state index >= 15 is 0 Å². The lowest BCUT2D eigenvalue weighted by molar-refractivity contribution is 0.0693. The maximum atomic E-state index is 11.8. The molecule has 0 amide bonds. The molecule has 0 aliphatic carbocycles. The Balaban J connectivity index is 0.000000387. The topological polar surface area (TPSA) is 127 Å². The standard InChI is InChI=1S/C13H14N2O4.C4H7F2NO/c14-4-1-5-19-11-3-2-10-6-9(13(17)18)7-12(16)15(10)8-11;1-4(5,6)3(7)8-2/h2-3,6-8H,1,4-5,14H2,(H,17,18);7H,1-2H3. The van der Waals surface area contributed by atoms with Gasteiger partial charge in [-0.3, -0.25) is 14.6 Å². The van der Waals surface area contributed by atoms with E-state index in [0.29, 0.717) is 31.3 Å². The largest absolute Gasteiger partial charge is 0.492 e. The molecule has 0 fully saturated rings. The molecule has 27 heavy (non-hydrogen) atoms. The Kier molecular flexibility index (Phi) is 7.85. The number of carbonyl (C=O) groups is 1. The number of alkyl halides is 2. The lowest BCUT2D eigenvalue weighted by Gasteiger charge is -2.08. The highest BCUT2D eigenvalue weighted by Gasteiger charge is 2.28. The number of hydrogen-bond donors (Lipinski definition) is 3. The minimum atomic E-state index is -3.13. The first-order valence-corrected chi connectivity index (χ1v) is 7.83. The van der Waals surface area contributed by atoms with Gasteiger partial charge in [-0.05, 0) is 31.2 Å². The Morgan fingerprint density at radius 2 is 2.04 bits per heavy atom. The van der Waals surface area contributed by atoms with Gasteiger partial charge in [0.15, 0.2) is 0 Å². The number of nitrogens with zero attached hydrogens (tertiary/aromatic N) is 1. The molecule has 8 nitrogen and oxygen atoms in total. The van der Waals surface area contributed by atoms with Crippen molar-refractivity contribution >= 4 is 17.4 Å². The summed E-state index contributed by atoms with van der Waals surface area (Å²) in [5, 5.41) is 15.3. The molecular formula is C17H21F2N3O5. The van der Waals surface area contributed by atoms with Gasteiger partial charge >= 0.3 is 11.9 Å². The van der Waals surface area contributed by atoms with E-state index in [1.54, 1.807) is 18.3 Å². The van der Waals surface area contributed by atoms with Crippen LogP contribution in [0.5, 0.6) is 5.75 Å². The summed E-state index contributed by atoms with van der Waals surface area (Å²) in [7, 11) is 1.04. The highest BCUT2D eigenvalue weighted by atomic mass is 19.3. The number of nitrogens with one attached hydrogen (secondary N) is 1. The molecule has 2 heterocycles. The number of ether oxygens (including phenoxy) is 2. The van der Waals surface area contributed by atoms with Crippen LogP contribution in [0.3, 0.4) is 0 Å². The first-order chi connectivity index (χ1) is 12.6. The molecule has 0 atom stereocenters. The summed E-state index contributed by atoms with van der Waals surface area (Å²) in [4.78, 5) is 22.7. The molecule has 4 N–H and O–H groups in total. The second-order valence-corrected chi connectivity index (χ2v) is 5.46. The van der Waals surface area contributed by atoms with Crippen molar-refractivity contribution in [2.24, 2.45) is 5.73 Å². The third kappa shape index (κ3) is 6.66. The summed E-state index contributed by atoms with van der Waals surface area (Å²) in [5.41, 5.74) is 5.44. The van der Waals surface area contributed by atoms with Crippen LogP contribution in [0.4, 0.5) is 8.78 Å². The fourth-order valence-electron chi connectivity index (χ4n) is 1.87. The average Bonchev–Trinajstić information content (AvgIpc) is 2.61. The minimum absolute atomic E-state index is 0.0261. The van der Waals surface area contributed by atoms with Crippen LogP contribution in [0.1, 0.15) is 23.7 Å². The van der Waals surface area contributed by atoms with Gasteiger partial charge in [0.25, 0.3) is 11.5 Å². The first-order valence-electron chi connectivity index (χ1n) is 7.83. The van der Waals surface area contributed by atoms with Gasteiger partial charge in [-0.25, -0.2) is 4.79 Å². The smallest absolute Gasteiger partial charge is 0.335 e. The summed E-state index contributed by atoms with van der Waals surface area (Å²) < 4.78 is 34.3. The number of hydrogen-bond acceptors (Lipinski definition) is 6. The predicted molar refractivity (Wildman–Crippen MR) is 95.1 cm³/mol. The zero-order valence-corrected chi connectivity index (χ0v) is 14.9. The fourth-order valence-corrected chi connectivity index (χ4v) is 1.87. The van der Waals surface area contributed by atoms with Crippen LogP contribution in [0.2, 0.25) is 0 Å². The molecule has 0 aliphatic heterocycles. The summed E-state index contributed by atoms with van der Waals surface area (Å²) >= 11 is 0. The number of aromatic nitrogens is 1. The summed E-state index contributed by atoms with van der Waals surface area (Å²) in [6, 6.07) is 5.86. The van der Waals surface area contributed by atoms with Gasteiger partial charge in [-0.1, -0.05) is 0 Å². The second kappa shape index (κ2) is 9.62. The molecule has 148 valence electrons. The molecule has 10 heteroatoms. The van der Waals surface area contributed by atoms with Gasteiger partial charge in [0.1, 0.15) is 5.75 Å². The SMILES string of the molecule is COC(=N)C(C)(F)F.NCCCOc1ccc2cc(C(=O)O)cc(=O)n2c1. The molecule has 0 aliphatic rings. The van der Waals surface area contributed by atoms with Crippen molar-refractivity contribution in [3.8, 4) is 5.75 Å².